The fraction of sp³-hybridized carbons (Fsp3) is 0.474. The highest BCUT2D eigenvalue weighted by molar-refractivity contribution is 6.30. The third-order valence-electron chi connectivity index (χ3n) is 4.69. The van der Waals surface area contributed by atoms with Gasteiger partial charge in [0, 0.05) is 44.3 Å². The first-order chi connectivity index (χ1) is 13.5. The van der Waals surface area contributed by atoms with Gasteiger partial charge < -0.3 is 15.1 Å². The number of hydrogen-bond acceptors (Lipinski definition) is 5. The van der Waals surface area contributed by atoms with Crippen LogP contribution in [0.25, 0.3) is 0 Å². The highest BCUT2D eigenvalue weighted by Gasteiger charge is 2.22. The van der Waals surface area contributed by atoms with Crippen LogP contribution in [0.1, 0.15) is 22.5 Å². The number of carbonyl (C=O) groups is 2. The van der Waals surface area contributed by atoms with Gasteiger partial charge in [0.1, 0.15) is 0 Å². The van der Waals surface area contributed by atoms with E-state index >= 15 is 0 Å². The fourth-order valence-corrected chi connectivity index (χ4v) is 3.25. The van der Waals surface area contributed by atoms with Gasteiger partial charge in [0.25, 0.3) is 5.91 Å². The Bertz CT molecular complexity index is 816. The lowest BCUT2D eigenvalue weighted by molar-refractivity contribution is -0.120. The lowest BCUT2D eigenvalue weighted by Crippen LogP contribution is -2.47. The number of amides is 2. The largest absolute Gasteiger partial charge is 0.356 e. The van der Waals surface area contributed by atoms with E-state index in [9.17, 15) is 9.59 Å². The van der Waals surface area contributed by atoms with Crippen LogP contribution in [0.3, 0.4) is 0 Å². The van der Waals surface area contributed by atoms with E-state index in [4.69, 9.17) is 11.6 Å². The Balaban J connectivity index is 1.38. The molecule has 1 N–H and O–H groups in total. The molecule has 0 unspecified atom stereocenters. The van der Waals surface area contributed by atoms with Crippen molar-refractivity contribution in [2.24, 2.45) is 0 Å². The van der Waals surface area contributed by atoms with Crippen molar-refractivity contribution in [1.29, 1.82) is 0 Å². The molecule has 2 amide bonds. The molecule has 0 saturated carbocycles. The molecule has 0 aliphatic carbocycles. The number of aryl methyl sites for hydroxylation is 1. The predicted octanol–water partition coefficient (Wildman–Crippen LogP) is 1.07. The van der Waals surface area contributed by atoms with Gasteiger partial charge in [-0.3, -0.25) is 14.3 Å². The van der Waals surface area contributed by atoms with Crippen LogP contribution in [0.15, 0.2) is 30.5 Å². The standard InChI is InChI=1S/C19H25ClN6O2/c1-24-8-10-25(11-9-24)19(28)17-14-26(23-22-17)7-3-6-21-18(27)13-15-4-2-5-16(20)12-15/h2,4-5,12,14H,3,6-11,13H2,1H3,(H,21,27). The second kappa shape index (κ2) is 9.66. The van der Waals surface area contributed by atoms with Crippen LogP contribution in [0.5, 0.6) is 0 Å². The average Bonchev–Trinajstić information content (AvgIpc) is 3.14. The van der Waals surface area contributed by atoms with E-state index in [0.29, 0.717) is 49.7 Å². The van der Waals surface area contributed by atoms with Gasteiger partial charge in [0.2, 0.25) is 5.91 Å². The lowest BCUT2D eigenvalue weighted by atomic mass is 10.1. The molecule has 1 aromatic carbocycles. The summed E-state index contributed by atoms with van der Waals surface area (Å²) in [7, 11) is 2.05. The van der Waals surface area contributed by atoms with Gasteiger partial charge >= 0.3 is 0 Å². The molecule has 28 heavy (non-hydrogen) atoms. The molecule has 8 nitrogen and oxygen atoms in total. The maximum Gasteiger partial charge on any atom is 0.276 e. The maximum absolute atomic E-state index is 12.5. The van der Waals surface area contributed by atoms with Gasteiger partial charge in [-0.1, -0.05) is 28.9 Å². The number of piperazine rings is 1. The Hall–Kier alpha value is -2.45. The molecular weight excluding hydrogens is 380 g/mol. The van der Waals surface area contributed by atoms with E-state index < -0.39 is 0 Å². The van der Waals surface area contributed by atoms with Crippen LogP contribution < -0.4 is 5.32 Å². The molecule has 2 heterocycles. The zero-order valence-electron chi connectivity index (χ0n) is 16.0. The molecule has 0 spiro atoms. The minimum Gasteiger partial charge on any atom is -0.356 e. The zero-order valence-corrected chi connectivity index (χ0v) is 16.7. The highest BCUT2D eigenvalue weighted by Crippen LogP contribution is 2.11. The molecule has 3 rings (SSSR count). The lowest BCUT2D eigenvalue weighted by Gasteiger charge is -2.31. The monoisotopic (exact) mass is 404 g/mol. The van der Waals surface area contributed by atoms with Crippen molar-refractivity contribution in [3.8, 4) is 0 Å². The third kappa shape index (κ3) is 5.77. The van der Waals surface area contributed by atoms with Crippen LogP contribution in [0, 0.1) is 0 Å². The summed E-state index contributed by atoms with van der Waals surface area (Å²) in [6, 6.07) is 7.27. The predicted molar refractivity (Wildman–Crippen MR) is 106 cm³/mol. The number of nitrogens with one attached hydrogen (secondary N) is 1. The van der Waals surface area contributed by atoms with Crippen LogP contribution in [-0.2, 0) is 17.8 Å². The first-order valence-corrected chi connectivity index (χ1v) is 9.78. The molecule has 0 bridgehead atoms. The Morgan fingerprint density at radius 1 is 1.21 bits per heavy atom. The van der Waals surface area contributed by atoms with E-state index in [2.05, 4.69) is 20.5 Å². The molecule has 150 valence electrons. The second-order valence-corrected chi connectivity index (χ2v) is 7.41. The minimum atomic E-state index is -0.0748. The van der Waals surface area contributed by atoms with Crippen molar-refractivity contribution in [1.82, 2.24) is 30.1 Å². The number of nitrogens with zero attached hydrogens (tertiary/aromatic N) is 5. The second-order valence-electron chi connectivity index (χ2n) is 6.97. The average molecular weight is 405 g/mol. The van der Waals surface area contributed by atoms with Gasteiger partial charge in [-0.05, 0) is 31.2 Å². The van der Waals surface area contributed by atoms with Crippen molar-refractivity contribution in [2.75, 3.05) is 39.8 Å². The summed E-state index contributed by atoms with van der Waals surface area (Å²) in [6.45, 7) is 4.27. The Labute approximate surface area is 169 Å². The van der Waals surface area contributed by atoms with E-state index in [0.717, 1.165) is 18.7 Å². The summed E-state index contributed by atoms with van der Waals surface area (Å²) >= 11 is 5.93. The number of rotatable bonds is 7. The summed E-state index contributed by atoms with van der Waals surface area (Å²) in [4.78, 5) is 28.5. The van der Waals surface area contributed by atoms with E-state index in [-0.39, 0.29) is 11.8 Å². The molecule has 0 atom stereocenters. The molecule has 1 aliphatic rings. The Morgan fingerprint density at radius 3 is 2.75 bits per heavy atom. The number of carbonyl (C=O) groups excluding carboxylic acids is 2. The maximum atomic E-state index is 12.5. The smallest absolute Gasteiger partial charge is 0.276 e. The summed E-state index contributed by atoms with van der Waals surface area (Å²) in [6.07, 6.45) is 2.68. The molecule has 1 saturated heterocycles. The van der Waals surface area contributed by atoms with Crippen LogP contribution in [-0.4, -0.2) is 76.4 Å². The van der Waals surface area contributed by atoms with Gasteiger partial charge in [-0.25, -0.2) is 0 Å². The highest BCUT2D eigenvalue weighted by atomic mass is 35.5. The van der Waals surface area contributed by atoms with E-state index in [1.54, 1.807) is 23.0 Å². The topological polar surface area (TPSA) is 83.4 Å². The summed E-state index contributed by atoms with van der Waals surface area (Å²) in [5.74, 6) is -0.124. The molecule has 1 aromatic heterocycles. The molecule has 0 radical (unpaired) electrons. The van der Waals surface area contributed by atoms with Gasteiger partial charge in [0.05, 0.1) is 12.6 Å². The van der Waals surface area contributed by atoms with E-state index in [1.165, 1.54) is 0 Å². The fourth-order valence-electron chi connectivity index (χ4n) is 3.04. The van der Waals surface area contributed by atoms with Gasteiger partial charge in [0.15, 0.2) is 5.69 Å². The molecular formula is C19H25ClN6O2. The summed E-state index contributed by atoms with van der Waals surface area (Å²) < 4.78 is 1.65. The van der Waals surface area contributed by atoms with Crippen LogP contribution >= 0.6 is 11.6 Å². The van der Waals surface area contributed by atoms with Gasteiger partial charge in [-0.15, -0.1) is 5.10 Å². The van der Waals surface area contributed by atoms with Crippen molar-refractivity contribution < 1.29 is 9.59 Å². The number of halogens is 1. The molecule has 1 fully saturated rings. The first-order valence-electron chi connectivity index (χ1n) is 9.40. The Kier molecular flexibility index (Phi) is 7.00. The SMILES string of the molecule is CN1CCN(C(=O)c2cn(CCCNC(=O)Cc3cccc(Cl)c3)nn2)CC1. The third-order valence-corrected chi connectivity index (χ3v) is 4.92. The zero-order chi connectivity index (χ0) is 19.9. The summed E-state index contributed by atoms with van der Waals surface area (Å²) in [5.41, 5.74) is 1.25. The van der Waals surface area contributed by atoms with Gasteiger partial charge in [-0.2, -0.15) is 0 Å². The minimum absolute atomic E-state index is 0.0493. The quantitative estimate of drug-likeness (QED) is 0.698. The number of aromatic nitrogens is 3. The molecule has 2 aromatic rings. The van der Waals surface area contributed by atoms with Crippen molar-refractivity contribution >= 4 is 23.4 Å². The van der Waals surface area contributed by atoms with Crippen LogP contribution in [0.2, 0.25) is 5.02 Å². The molecule has 1 aliphatic heterocycles. The normalized spacial score (nSPS) is 14.9. The summed E-state index contributed by atoms with van der Waals surface area (Å²) in [5, 5.41) is 11.5. The molecule has 9 heteroatoms. The first kappa shape index (κ1) is 20.3. The number of hydrogen-bond donors (Lipinski definition) is 1. The van der Waals surface area contributed by atoms with E-state index in [1.807, 2.05) is 24.1 Å². The van der Waals surface area contributed by atoms with Crippen molar-refractivity contribution in [2.45, 2.75) is 19.4 Å². The van der Waals surface area contributed by atoms with Crippen LogP contribution in [0.4, 0.5) is 0 Å². The van der Waals surface area contributed by atoms with Crippen molar-refractivity contribution in [3.63, 3.8) is 0 Å². The Morgan fingerprint density at radius 2 is 2.00 bits per heavy atom. The number of likely N-dealkylation sites (N-methyl/N-ethyl adjacent to an activating group) is 1. The van der Waals surface area contributed by atoms with Crippen molar-refractivity contribution in [3.05, 3.63) is 46.7 Å². The number of benzene rings is 1.